The highest BCUT2D eigenvalue weighted by Gasteiger charge is 2.51. The van der Waals surface area contributed by atoms with Crippen LogP contribution in [0.3, 0.4) is 0 Å². The first-order valence-electron chi connectivity index (χ1n) is 21.0. The van der Waals surface area contributed by atoms with Gasteiger partial charge in [0.2, 0.25) is 21.7 Å². The lowest BCUT2D eigenvalue weighted by Crippen LogP contribution is -2.47. The Morgan fingerprint density at radius 1 is 0.985 bits per heavy atom. The minimum Gasteiger partial charge on any atom is -0.451 e. The number of imidazole rings is 1. The number of hydrogen-bond donors (Lipinski definition) is 4. The van der Waals surface area contributed by atoms with E-state index in [-0.39, 0.29) is 57.1 Å². The van der Waals surface area contributed by atoms with Crippen LogP contribution in [-0.4, -0.2) is 101 Å². The number of nitrogens with zero attached hydrogens (tertiary/aromatic N) is 5. The smallest absolute Gasteiger partial charge is 0.451 e. The number of halogens is 4. The molecule has 0 radical (unpaired) electrons. The molecule has 8 rings (SSSR count). The number of sulfone groups is 1. The zero-order valence-corrected chi connectivity index (χ0v) is 37.8. The Bertz CT molecular complexity index is 2810. The minimum absolute atomic E-state index is 0.0126. The fourth-order valence-electron chi connectivity index (χ4n) is 8.41. The zero-order valence-electron chi connectivity index (χ0n) is 35.4. The van der Waals surface area contributed by atoms with Crippen molar-refractivity contribution in [1.29, 1.82) is 0 Å². The maximum absolute atomic E-state index is 13.7. The Morgan fingerprint density at radius 3 is 2.29 bits per heavy atom. The van der Waals surface area contributed by atoms with Crippen molar-refractivity contribution >= 4 is 73.5 Å². The number of amides is 2. The third-order valence-corrected chi connectivity index (χ3v) is 15.2. The number of ether oxygens (including phenoxy) is 1. The molecule has 2 aliphatic rings. The number of anilines is 2. The molecule has 0 spiro atoms. The highest BCUT2D eigenvalue weighted by Crippen LogP contribution is 2.38. The highest BCUT2D eigenvalue weighted by molar-refractivity contribution is 7.91. The number of nitrogens with one attached hydrogen (secondary N) is 3. The summed E-state index contributed by atoms with van der Waals surface area (Å²) in [6.07, 6.45) is -7.14. The van der Waals surface area contributed by atoms with Crippen LogP contribution in [0.2, 0.25) is 5.02 Å². The Labute approximate surface area is 386 Å². The lowest BCUT2D eigenvalue weighted by molar-refractivity contribution is -0.209. The number of hydrogen-bond acceptors (Lipinski definition) is 13. The largest absolute Gasteiger partial charge is 0.490 e. The number of alkyl halides is 3. The van der Waals surface area contributed by atoms with Crippen LogP contribution in [0, 0.1) is 6.92 Å². The summed E-state index contributed by atoms with van der Waals surface area (Å²) in [5, 5.41) is 22.5. The Morgan fingerprint density at radius 2 is 1.65 bits per heavy atom. The predicted octanol–water partition coefficient (Wildman–Crippen LogP) is 6.61. The Kier molecular flexibility index (Phi) is 13.4. The average Bonchev–Trinajstić information content (AvgIpc) is 4.10. The predicted molar refractivity (Wildman–Crippen MR) is 240 cm³/mol. The van der Waals surface area contributed by atoms with Gasteiger partial charge >= 0.3 is 12.1 Å². The topological polar surface area (TPSA) is 198 Å². The van der Waals surface area contributed by atoms with Crippen molar-refractivity contribution in [3.05, 3.63) is 123 Å². The van der Waals surface area contributed by atoms with Crippen LogP contribution in [0.15, 0.2) is 106 Å². The number of esters is 1. The number of benzene rings is 3. The number of aliphatic hydroxyl groups excluding tert-OH is 1. The standard InChI is InChI=1S/C45H44ClF3N8O7S2/c1-3-35(58)53-32-20-33(37(59)38(32)64-43(61)45(47,48)49)57-24-51-36-40(50-21-31(26-10-6-4-7-11-26)27-12-8-5-9-13-27)54-44(55-41(36)57)56-19-18-29(22-56)52-42(60)39-25(2)34(23-65-39)66(62,63)30-16-14-28(46)15-17-30/h4-17,23-24,29,31-33,37-38,59H,3,18-22H2,1-2H3,(H,52,60)(H,53,58)(H,50,54,55)/t29-,32+,33-,37+,38-/m1/s1. The quantitative estimate of drug-likeness (QED) is 0.0855. The molecule has 66 heavy (non-hydrogen) atoms. The first kappa shape index (κ1) is 46.4. The van der Waals surface area contributed by atoms with Gasteiger partial charge in [-0.2, -0.15) is 23.1 Å². The highest BCUT2D eigenvalue weighted by atomic mass is 35.5. The summed E-state index contributed by atoms with van der Waals surface area (Å²) in [5.41, 5.74) is 2.83. The molecule has 1 aliphatic carbocycles. The summed E-state index contributed by atoms with van der Waals surface area (Å²) in [6.45, 7) is 4.10. The monoisotopic (exact) mass is 964 g/mol. The van der Waals surface area contributed by atoms with Gasteiger partial charge in [0, 0.05) is 48.4 Å². The van der Waals surface area contributed by atoms with Gasteiger partial charge in [0.05, 0.1) is 33.1 Å². The molecule has 2 fully saturated rings. The van der Waals surface area contributed by atoms with Gasteiger partial charge in [-0.1, -0.05) is 79.2 Å². The van der Waals surface area contributed by atoms with Crippen LogP contribution in [0.25, 0.3) is 11.2 Å². The summed E-state index contributed by atoms with van der Waals surface area (Å²) in [4.78, 5) is 54.9. The first-order chi connectivity index (χ1) is 31.5. The van der Waals surface area contributed by atoms with E-state index in [1.54, 1.807) is 13.8 Å². The molecule has 1 saturated carbocycles. The molecular weight excluding hydrogens is 921 g/mol. The van der Waals surface area contributed by atoms with Crippen molar-refractivity contribution in [2.45, 2.75) is 85.3 Å². The molecule has 6 aromatic rings. The average molecular weight is 965 g/mol. The number of carbonyl (C=O) groups excluding carboxylic acids is 3. The molecule has 3 aromatic carbocycles. The maximum atomic E-state index is 13.7. The molecule has 4 N–H and O–H groups in total. The van der Waals surface area contributed by atoms with E-state index in [1.807, 2.05) is 65.6 Å². The van der Waals surface area contributed by atoms with Crippen LogP contribution >= 0.6 is 22.9 Å². The Balaban J connectivity index is 1.10. The lowest BCUT2D eigenvalue weighted by atomic mass is 9.91. The van der Waals surface area contributed by atoms with Gasteiger partial charge in [-0.3, -0.25) is 9.59 Å². The van der Waals surface area contributed by atoms with Crippen LogP contribution in [0.5, 0.6) is 0 Å². The van der Waals surface area contributed by atoms with E-state index < -0.39 is 64.1 Å². The van der Waals surface area contributed by atoms with E-state index in [2.05, 4.69) is 20.9 Å². The summed E-state index contributed by atoms with van der Waals surface area (Å²) < 4.78 is 73.5. The number of fused-ring (bicyclic) bond motifs is 1. The molecule has 21 heteroatoms. The normalized spacial score (nSPS) is 19.9. The molecule has 3 aromatic heterocycles. The van der Waals surface area contributed by atoms with E-state index in [4.69, 9.17) is 26.3 Å². The Hall–Kier alpha value is -6.09. The van der Waals surface area contributed by atoms with E-state index in [0.29, 0.717) is 35.9 Å². The SMILES string of the molecule is CCC(=O)N[C@H]1C[C@@H](n2cnc3c(NCC(c4ccccc4)c4ccccc4)nc(N4CC[C@@H](NC(=O)c5scc(S(=O)(=O)c6ccc(Cl)cc6)c5C)C4)nc32)[C@H](O)[C@@H]1OC(=O)C(F)(F)F. The number of thiophene rings is 1. The van der Waals surface area contributed by atoms with Gasteiger partial charge in [-0.15, -0.1) is 11.3 Å². The summed E-state index contributed by atoms with van der Waals surface area (Å²) in [5.74, 6) is -3.11. The van der Waals surface area contributed by atoms with Crippen molar-refractivity contribution < 1.29 is 45.8 Å². The van der Waals surface area contributed by atoms with Gasteiger partial charge in [0.15, 0.2) is 23.1 Å². The van der Waals surface area contributed by atoms with E-state index in [9.17, 15) is 41.1 Å². The number of aliphatic hydroxyl groups is 1. The minimum atomic E-state index is -5.35. The van der Waals surface area contributed by atoms with Crippen molar-refractivity contribution in [1.82, 2.24) is 30.2 Å². The number of aromatic nitrogens is 4. The fraction of sp³-hybridized carbons (Fsp3) is 0.333. The van der Waals surface area contributed by atoms with Crippen molar-refractivity contribution in [3.63, 3.8) is 0 Å². The molecule has 346 valence electrons. The molecule has 4 heterocycles. The van der Waals surface area contributed by atoms with E-state index in [1.165, 1.54) is 40.5 Å². The molecule has 15 nitrogen and oxygen atoms in total. The molecule has 1 saturated heterocycles. The molecule has 0 unspecified atom stereocenters. The second-order valence-corrected chi connectivity index (χ2v) is 19.3. The second-order valence-electron chi connectivity index (χ2n) is 16.1. The molecule has 1 aliphatic heterocycles. The van der Waals surface area contributed by atoms with Gasteiger partial charge in [-0.25, -0.2) is 18.2 Å². The van der Waals surface area contributed by atoms with Crippen LogP contribution < -0.4 is 20.9 Å². The van der Waals surface area contributed by atoms with Gasteiger partial charge < -0.3 is 35.3 Å². The van der Waals surface area contributed by atoms with Crippen molar-refractivity contribution in [3.8, 4) is 0 Å². The molecule has 5 atom stereocenters. The molecular formula is C45H44ClF3N8O7S2. The van der Waals surface area contributed by atoms with Gasteiger partial charge in [0.25, 0.3) is 5.91 Å². The van der Waals surface area contributed by atoms with E-state index >= 15 is 0 Å². The van der Waals surface area contributed by atoms with Crippen LogP contribution in [-0.2, 0) is 24.2 Å². The number of carbonyl (C=O) groups is 3. The number of rotatable bonds is 14. The van der Waals surface area contributed by atoms with Crippen LogP contribution in [0.4, 0.5) is 24.9 Å². The van der Waals surface area contributed by atoms with Crippen LogP contribution in [0.1, 0.15) is 64.5 Å². The molecule has 2 amide bonds. The fourth-order valence-corrected chi connectivity index (χ4v) is 11.4. The zero-order chi connectivity index (χ0) is 46.9. The van der Waals surface area contributed by atoms with E-state index in [0.717, 1.165) is 22.5 Å². The first-order valence-corrected chi connectivity index (χ1v) is 23.8. The summed E-state index contributed by atoms with van der Waals surface area (Å²) in [6, 6.07) is 22.8. The summed E-state index contributed by atoms with van der Waals surface area (Å²) >= 11 is 7.00. The maximum Gasteiger partial charge on any atom is 0.490 e. The third kappa shape index (κ3) is 9.58. The lowest BCUT2D eigenvalue weighted by Gasteiger charge is -2.24. The molecule has 0 bridgehead atoms. The van der Waals surface area contributed by atoms with Gasteiger partial charge in [-0.05, 0) is 60.7 Å². The summed E-state index contributed by atoms with van der Waals surface area (Å²) in [7, 11) is -3.94. The van der Waals surface area contributed by atoms with Crippen molar-refractivity contribution in [2.75, 3.05) is 29.9 Å². The van der Waals surface area contributed by atoms with Crippen molar-refractivity contribution in [2.24, 2.45) is 0 Å². The second kappa shape index (κ2) is 19.0. The third-order valence-electron chi connectivity index (χ3n) is 11.8. The van der Waals surface area contributed by atoms with Gasteiger partial charge in [0.1, 0.15) is 6.10 Å².